The summed E-state index contributed by atoms with van der Waals surface area (Å²) in [5.74, 6) is 1.85. The Balaban J connectivity index is 1.72. The van der Waals surface area contributed by atoms with Gasteiger partial charge in [0.1, 0.15) is 5.82 Å². The van der Waals surface area contributed by atoms with E-state index in [0.717, 1.165) is 69.8 Å². The van der Waals surface area contributed by atoms with Crippen LogP contribution in [0.5, 0.6) is 0 Å². The average molecular weight is 348 g/mol. The highest BCUT2D eigenvalue weighted by Crippen LogP contribution is 2.10. The predicted molar refractivity (Wildman–Crippen MR) is 103 cm³/mol. The van der Waals surface area contributed by atoms with Gasteiger partial charge in [-0.3, -0.25) is 9.89 Å². The molecule has 1 aromatic rings. The lowest BCUT2D eigenvalue weighted by Crippen LogP contribution is -2.44. The summed E-state index contributed by atoms with van der Waals surface area (Å²) in [4.78, 5) is 13.5. The van der Waals surface area contributed by atoms with Crippen molar-refractivity contribution in [3.05, 3.63) is 23.9 Å². The van der Waals surface area contributed by atoms with E-state index in [1.54, 1.807) is 7.05 Å². The Kier molecular flexibility index (Phi) is 8.48. The standard InChI is InChI=1S/C18H32N6O/c1-4-24(5-2)17-7-6-16(14-21-17)15-22-18(19-3)20-8-9-23-10-12-25-13-11-23/h6-7,14H,4-5,8-13,15H2,1-3H3,(H2,19,20,22). The van der Waals surface area contributed by atoms with E-state index in [2.05, 4.69) is 56.4 Å². The first-order chi connectivity index (χ1) is 12.3. The molecular formula is C18H32N6O. The van der Waals surface area contributed by atoms with Crippen LogP contribution in [0.1, 0.15) is 19.4 Å². The monoisotopic (exact) mass is 348 g/mol. The smallest absolute Gasteiger partial charge is 0.191 e. The first-order valence-corrected chi connectivity index (χ1v) is 9.21. The summed E-state index contributed by atoms with van der Waals surface area (Å²) in [7, 11) is 1.80. The second kappa shape index (κ2) is 10.9. The summed E-state index contributed by atoms with van der Waals surface area (Å²) in [6, 6.07) is 4.20. The van der Waals surface area contributed by atoms with Gasteiger partial charge in [0.15, 0.2) is 5.96 Å². The van der Waals surface area contributed by atoms with Crippen LogP contribution in [0, 0.1) is 0 Å². The third-order valence-electron chi connectivity index (χ3n) is 4.40. The minimum absolute atomic E-state index is 0.711. The predicted octanol–water partition coefficient (Wildman–Crippen LogP) is 0.925. The molecule has 1 saturated heterocycles. The molecule has 2 rings (SSSR count). The van der Waals surface area contributed by atoms with Gasteiger partial charge in [0.05, 0.1) is 13.2 Å². The third-order valence-corrected chi connectivity index (χ3v) is 4.40. The molecule has 7 nitrogen and oxygen atoms in total. The highest BCUT2D eigenvalue weighted by Gasteiger charge is 2.09. The van der Waals surface area contributed by atoms with E-state index in [4.69, 9.17) is 4.74 Å². The molecule has 140 valence electrons. The molecule has 0 radical (unpaired) electrons. The number of nitrogens with one attached hydrogen (secondary N) is 2. The van der Waals surface area contributed by atoms with Gasteiger partial charge in [-0.15, -0.1) is 0 Å². The largest absolute Gasteiger partial charge is 0.379 e. The summed E-state index contributed by atoms with van der Waals surface area (Å²) >= 11 is 0. The number of ether oxygens (including phenoxy) is 1. The molecule has 2 heterocycles. The minimum Gasteiger partial charge on any atom is -0.379 e. The van der Waals surface area contributed by atoms with Crippen molar-refractivity contribution in [1.82, 2.24) is 20.5 Å². The van der Waals surface area contributed by atoms with Crippen molar-refractivity contribution in [2.75, 3.05) is 64.4 Å². The van der Waals surface area contributed by atoms with E-state index in [0.29, 0.717) is 6.54 Å². The van der Waals surface area contributed by atoms with Gasteiger partial charge in [0.25, 0.3) is 0 Å². The van der Waals surface area contributed by atoms with Gasteiger partial charge in [-0.05, 0) is 25.5 Å². The number of morpholine rings is 1. The number of aromatic nitrogens is 1. The molecule has 7 heteroatoms. The van der Waals surface area contributed by atoms with Crippen molar-refractivity contribution in [2.24, 2.45) is 4.99 Å². The summed E-state index contributed by atoms with van der Waals surface area (Å²) in [5, 5.41) is 6.70. The number of anilines is 1. The van der Waals surface area contributed by atoms with Crippen molar-refractivity contribution in [2.45, 2.75) is 20.4 Å². The van der Waals surface area contributed by atoms with E-state index in [1.807, 2.05) is 6.20 Å². The number of hydrogen-bond donors (Lipinski definition) is 2. The van der Waals surface area contributed by atoms with Crippen LogP contribution in [0.2, 0.25) is 0 Å². The van der Waals surface area contributed by atoms with Crippen molar-refractivity contribution >= 4 is 11.8 Å². The quantitative estimate of drug-likeness (QED) is 0.538. The number of pyridine rings is 1. The molecule has 25 heavy (non-hydrogen) atoms. The van der Waals surface area contributed by atoms with Gasteiger partial charge in [0, 0.05) is 59.1 Å². The van der Waals surface area contributed by atoms with Crippen molar-refractivity contribution in [1.29, 1.82) is 0 Å². The van der Waals surface area contributed by atoms with Crippen LogP contribution in [-0.2, 0) is 11.3 Å². The van der Waals surface area contributed by atoms with Crippen LogP contribution in [0.3, 0.4) is 0 Å². The number of aliphatic imine (C=N–C) groups is 1. The zero-order chi connectivity index (χ0) is 17.9. The Morgan fingerprint density at radius 3 is 2.60 bits per heavy atom. The highest BCUT2D eigenvalue weighted by atomic mass is 16.5. The fourth-order valence-electron chi connectivity index (χ4n) is 2.82. The summed E-state index contributed by atoms with van der Waals surface area (Å²) in [6.45, 7) is 12.5. The van der Waals surface area contributed by atoms with E-state index >= 15 is 0 Å². The lowest BCUT2D eigenvalue weighted by atomic mass is 10.2. The molecule has 0 bridgehead atoms. The number of nitrogens with zero attached hydrogens (tertiary/aromatic N) is 4. The molecule has 0 amide bonds. The van der Waals surface area contributed by atoms with Gasteiger partial charge >= 0.3 is 0 Å². The summed E-state index contributed by atoms with van der Waals surface area (Å²) in [5.41, 5.74) is 1.15. The van der Waals surface area contributed by atoms with E-state index in [1.165, 1.54) is 0 Å². The molecule has 1 aromatic heterocycles. The zero-order valence-electron chi connectivity index (χ0n) is 15.8. The van der Waals surface area contributed by atoms with Crippen LogP contribution in [0.25, 0.3) is 0 Å². The van der Waals surface area contributed by atoms with E-state index in [9.17, 15) is 0 Å². The molecule has 1 aliphatic heterocycles. The fourth-order valence-corrected chi connectivity index (χ4v) is 2.82. The zero-order valence-corrected chi connectivity index (χ0v) is 15.8. The molecule has 2 N–H and O–H groups in total. The van der Waals surface area contributed by atoms with Gasteiger partial charge < -0.3 is 20.3 Å². The first kappa shape index (κ1) is 19.5. The minimum atomic E-state index is 0.711. The van der Waals surface area contributed by atoms with Gasteiger partial charge in [0.2, 0.25) is 0 Å². The Bertz CT molecular complexity index is 509. The number of hydrogen-bond acceptors (Lipinski definition) is 5. The molecular weight excluding hydrogens is 316 g/mol. The van der Waals surface area contributed by atoms with Crippen LogP contribution in [0.4, 0.5) is 5.82 Å². The molecule has 1 aliphatic rings. The van der Waals surface area contributed by atoms with E-state index in [-0.39, 0.29) is 0 Å². The van der Waals surface area contributed by atoms with Crippen LogP contribution in [-0.4, -0.2) is 75.4 Å². The summed E-state index contributed by atoms with van der Waals surface area (Å²) in [6.07, 6.45) is 1.93. The molecule has 0 atom stereocenters. The molecule has 0 saturated carbocycles. The second-order valence-corrected chi connectivity index (χ2v) is 6.00. The van der Waals surface area contributed by atoms with Gasteiger partial charge in [-0.2, -0.15) is 0 Å². The Morgan fingerprint density at radius 1 is 1.24 bits per heavy atom. The molecule has 1 fully saturated rings. The van der Waals surface area contributed by atoms with Gasteiger partial charge in [-0.25, -0.2) is 4.98 Å². The van der Waals surface area contributed by atoms with Crippen LogP contribution >= 0.6 is 0 Å². The SMILES string of the molecule is CCN(CC)c1ccc(CNC(=NC)NCCN2CCOCC2)cn1. The van der Waals surface area contributed by atoms with Crippen molar-refractivity contribution in [3.8, 4) is 0 Å². The maximum absolute atomic E-state index is 5.37. The van der Waals surface area contributed by atoms with Crippen molar-refractivity contribution in [3.63, 3.8) is 0 Å². The average Bonchev–Trinajstić information content (AvgIpc) is 2.67. The lowest BCUT2D eigenvalue weighted by Gasteiger charge is -2.26. The molecule has 0 unspecified atom stereocenters. The van der Waals surface area contributed by atoms with Crippen molar-refractivity contribution < 1.29 is 4.74 Å². The third kappa shape index (κ3) is 6.51. The molecule has 0 aromatic carbocycles. The Hall–Kier alpha value is -1.86. The fraction of sp³-hybridized carbons (Fsp3) is 0.667. The first-order valence-electron chi connectivity index (χ1n) is 9.21. The van der Waals surface area contributed by atoms with E-state index < -0.39 is 0 Å². The number of guanidine groups is 1. The Morgan fingerprint density at radius 2 is 2.00 bits per heavy atom. The Labute approximate surface area is 151 Å². The topological polar surface area (TPSA) is 65.0 Å². The number of rotatable bonds is 8. The lowest BCUT2D eigenvalue weighted by molar-refractivity contribution is 0.0389. The molecule has 0 aliphatic carbocycles. The van der Waals surface area contributed by atoms with Crippen LogP contribution in [0.15, 0.2) is 23.3 Å². The molecule has 0 spiro atoms. The summed E-state index contributed by atoms with van der Waals surface area (Å²) < 4.78 is 5.37. The van der Waals surface area contributed by atoms with Crippen LogP contribution < -0.4 is 15.5 Å². The maximum atomic E-state index is 5.37. The van der Waals surface area contributed by atoms with Gasteiger partial charge in [-0.1, -0.05) is 6.07 Å². The second-order valence-electron chi connectivity index (χ2n) is 6.00. The highest BCUT2D eigenvalue weighted by molar-refractivity contribution is 5.79. The normalized spacial score (nSPS) is 15.9. The maximum Gasteiger partial charge on any atom is 0.191 e.